The van der Waals surface area contributed by atoms with E-state index in [-0.39, 0.29) is 37.5 Å². The zero-order chi connectivity index (χ0) is 46.5. The number of esters is 3. The first-order chi connectivity index (χ1) is 31.5. The molecule has 0 aromatic rings. The van der Waals surface area contributed by atoms with E-state index in [2.05, 4.69) is 87.6 Å². The van der Waals surface area contributed by atoms with Gasteiger partial charge in [-0.1, -0.05) is 216 Å². The minimum Gasteiger partial charge on any atom is -0.462 e. The monoisotopic (exact) mass is 893 g/mol. The molecule has 0 N–H and O–H groups in total. The van der Waals surface area contributed by atoms with E-state index in [4.69, 9.17) is 14.2 Å². The van der Waals surface area contributed by atoms with Crippen molar-refractivity contribution in [2.24, 2.45) is 0 Å². The quantitative estimate of drug-likeness (QED) is 0.0262. The van der Waals surface area contributed by atoms with Gasteiger partial charge in [-0.15, -0.1) is 0 Å². The van der Waals surface area contributed by atoms with Crippen LogP contribution in [-0.2, 0) is 28.6 Å². The Hall–Kier alpha value is -3.15. The van der Waals surface area contributed by atoms with Crippen LogP contribution < -0.4 is 0 Å². The molecule has 0 saturated carbocycles. The Morgan fingerprint density at radius 1 is 0.328 bits per heavy atom. The van der Waals surface area contributed by atoms with Crippen molar-refractivity contribution >= 4 is 17.9 Å². The molecule has 0 aromatic heterocycles. The summed E-state index contributed by atoms with van der Waals surface area (Å²) in [5.41, 5.74) is 0. The SMILES string of the molecule is CC/C=C\C/C=C\C/C=C\CCCCCCC(=O)OC(COC(=O)CC/C=C\C/C=C\CCCCCCCC)COC(=O)CCCCCCCCC/C=C\CCCCCCCCCC. The van der Waals surface area contributed by atoms with E-state index in [1.54, 1.807) is 0 Å². The summed E-state index contributed by atoms with van der Waals surface area (Å²) in [5.74, 6) is -0.998. The second-order valence-electron chi connectivity index (χ2n) is 17.7. The van der Waals surface area contributed by atoms with Crippen LogP contribution in [0.4, 0.5) is 0 Å². The molecule has 0 aliphatic heterocycles. The molecule has 6 nitrogen and oxygen atoms in total. The lowest BCUT2D eigenvalue weighted by Crippen LogP contribution is -2.30. The molecule has 1 unspecified atom stereocenters. The molecule has 0 aliphatic carbocycles. The van der Waals surface area contributed by atoms with E-state index in [0.29, 0.717) is 19.3 Å². The van der Waals surface area contributed by atoms with Gasteiger partial charge < -0.3 is 14.2 Å². The number of carbonyl (C=O) groups is 3. The molecule has 1 atom stereocenters. The van der Waals surface area contributed by atoms with E-state index in [0.717, 1.165) is 83.5 Å². The minimum absolute atomic E-state index is 0.104. The van der Waals surface area contributed by atoms with Gasteiger partial charge >= 0.3 is 17.9 Å². The van der Waals surface area contributed by atoms with Crippen LogP contribution in [0.15, 0.2) is 72.9 Å². The second-order valence-corrected chi connectivity index (χ2v) is 17.7. The Bertz CT molecular complexity index is 1210. The maximum absolute atomic E-state index is 12.8. The third-order valence-electron chi connectivity index (χ3n) is 11.4. The number of ether oxygens (including phenoxy) is 3. The van der Waals surface area contributed by atoms with E-state index in [1.165, 1.54) is 128 Å². The standard InChI is InChI=1S/C58H100O6/c1-4-7-10-13-16-19-22-25-27-28-29-30-31-34-36-39-42-45-48-51-57(60)63-54-55(53-62-56(59)50-47-44-41-38-35-32-24-21-18-15-12-9-6-3)64-58(61)52-49-46-43-40-37-33-26-23-20-17-14-11-8-5-2/h8,11,17,20,26,28-29,32-33,35,41,44,55H,4-7,9-10,12-16,18-19,21-25,27,30-31,34,36-40,42-43,45-54H2,1-3H3/b11-8-,20-17-,29-28-,33-26-,35-32-,44-41-. The van der Waals surface area contributed by atoms with Crippen molar-refractivity contribution in [1.29, 1.82) is 0 Å². The van der Waals surface area contributed by atoms with Gasteiger partial charge in [0.15, 0.2) is 6.10 Å². The number of carbonyl (C=O) groups excluding carboxylic acids is 3. The van der Waals surface area contributed by atoms with Gasteiger partial charge in [0.1, 0.15) is 13.2 Å². The normalized spacial score (nSPS) is 12.6. The van der Waals surface area contributed by atoms with Crippen LogP contribution in [0, 0.1) is 0 Å². The first-order valence-electron chi connectivity index (χ1n) is 26.9. The largest absolute Gasteiger partial charge is 0.462 e. The highest BCUT2D eigenvalue weighted by atomic mass is 16.6. The van der Waals surface area contributed by atoms with Gasteiger partial charge in [-0.05, 0) is 96.3 Å². The van der Waals surface area contributed by atoms with Crippen LogP contribution in [-0.4, -0.2) is 37.2 Å². The van der Waals surface area contributed by atoms with Gasteiger partial charge in [0.2, 0.25) is 0 Å². The summed E-state index contributed by atoms with van der Waals surface area (Å²) >= 11 is 0. The van der Waals surface area contributed by atoms with Gasteiger partial charge in [0, 0.05) is 19.3 Å². The molecule has 0 fully saturated rings. The van der Waals surface area contributed by atoms with Crippen molar-refractivity contribution in [2.45, 2.75) is 264 Å². The molecule has 0 radical (unpaired) electrons. The van der Waals surface area contributed by atoms with Crippen molar-refractivity contribution in [2.75, 3.05) is 13.2 Å². The fourth-order valence-corrected chi connectivity index (χ4v) is 7.39. The second kappa shape index (κ2) is 52.5. The van der Waals surface area contributed by atoms with Crippen molar-refractivity contribution in [3.05, 3.63) is 72.9 Å². The molecule has 64 heavy (non-hydrogen) atoms. The van der Waals surface area contributed by atoms with Gasteiger partial charge in [-0.2, -0.15) is 0 Å². The molecule has 0 amide bonds. The topological polar surface area (TPSA) is 78.9 Å². The van der Waals surface area contributed by atoms with Crippen molar-refractivity contribution in [3.63, 3.8) is 0 Å². The summed E-state index contributed by atoms with van der Waals surface area (Å²) in [6.07, 6.45) is 66.2. The lowest BCUT2D eigenvalue weighted by Gasteiger charge is -2.18. The Kier molecular flexibility index (Phi) is 49.9. The van der Waals surface area contributed by atoms with Crippen LogP contribution in [0.2, 0.25) is 0 Å². The highest BCUT2D eigenvalue weighted by Crippen LogP contribution is 2.14. The smallest absolute Gasteiger partial charge is 0.306 e. The predicted octanol–water partition coefficient (Wildman–Crippen LogP) is 17.8. The van der Waals surface area contributed by atoms with Gasteiger partial charge in [-0.3, -0.25) is 14.4 Å². The molecule has 0 aliphatic rings. The molecule has 0 rings (SSSR count). The highest BCUT2D eigenvalue weighted by Gasteiger charge is 2.19. The molecule has 0 aromatic carbocycles. The highest BCUT2D eigenvalue weighted by molar-refractivity contribution is 5.71. The van der Waals surface area contributed by atoms with Crippen molar-refractivity contribution in [1.82, 2.24) is 0 Å². The molecular formula is C58H100O6. The number of hydrogen-bond donors (Lipinski definition) is 0. The number of rotatable bonds is 48. The average Bonchev–Trinajstić information content (AvgIpc) is 3.29. The van der Waals surface area contributed by atoms with Crippen LogP contribution in [0.1, 0.15) is 258 Å². The zero-order valence-corrected chi connectivity index (χ0v) is 42.0. The average molecular weight is 893 g/mol. The zero-order valence-electron chi connectivity index (χ0n) is 42.0. The van der Waals surface area contributed by atoms with E-state index in [1.807, 2.05) is 6.08 Å². The fourth-order valence-electron chi connectivity index (χ4n) is 7.39. The molecule has 368 valence electrons. The van der Waals surface area contributed by atoms with E-state index < -0.39 is 6.10 Å². The number of hydrogen-bond acceptors (Lipinski definition) is 6. The van der Waals surface area contributed by atoms with Gasteiger partial charge in [-0.25, -0.2) is 0 Å². The molecule has 0 spiro atoms. The lowest BCUT2D eigenvalue weighted by atomic mass is 10.1. The summed E-state index contributed by atoms with van der Waals surface area (Å²) in [4.78, 5) is 38.0. The summed E-state index contributed by atoms with van der Waals surface area (Å²) in [6, 6.07) is 0. The Morgan fingerprint density at radius 2 is 0.641 bits per heavy atom. The summed E-state index contributed by atoms with van der Waals surface area (Å²) in [7, 11) is 0. The van der Waals surface area contributed by atoms with Gasteiger partial charge in [0.25, 0.3) is 0 Å². The first kappa shape index (κ1) is 60.9. The third kappa shape index (κ3) is 49.9. The Balaban J connectivity index is 4.43. The molecule has 0 bridgehead atoms. The Labute approximate surface area is 395 Å². The first-order valence-corrected chi connectivity index (χ1v) is 26.9. The van der Waals surface area contributed by atoms with Crippen LogP contribution in [0.3, 0.4) is 0 Å². The third-order valence-corrected chi connectivity index (χ3v) is 11.4. The van der Waals surface area contributed by atoms with E-state index in [9.17, 15) is 14.4 Å². The Morgan fingerprint density at radius 3 is 1.06 bits per heavy atom. The lowest BCUT2D eigenvalue weighted by molar-refractivity contribution is -0.166. The number of allylic oxidation sites excluding steroid dienone is 12. The molecule has 0 heterocycles. The van der Waals surface area contributed by atoms with Crippen LogP contribution >= 0.6 is 0 Å². The summed E-state index contributed by atoms with van der Waals surface area (Å²) < 4.78 is 16.7. The summed E-state index contributed by atoms with van der Waals surface area (Å²) in [6.45, 7) is 6.45. The van der Waals surface area contributed by atoms with E-state index >= 15 is 0 Å². The van der Waals surface area contributed by atoms with Gasteiger partial charge in [0.05, 0.1) is 0 Å². The molecule has 6 heteroatoms. The fraction of sp³-hybridized carbons (Fsp3) is 0.741. The van der Waals surface area contributed by atoms with Crippen molar-refractivity contribution < 1.29 is 28.6 Å². The van der Waals surface area contributed by atoms with Crippen molar-refractivity contribution in [3.8, 4) is 0 Å². The maximum Gasteiger partial charge on any atom is 0.306 e. The summed E-state index contributed by atoms with van der Waals surface area (Å²) in [5, 5.41) is 0. The molecular weight excluding hydrogens is 793 g/mol. The van der Waals surface area contributed by atoms with Crippen LogP contribution in [0.5, 0.6) is 0 Å². The number of unbranched alkanes of at least 4 members (excludes halogenated alkanes) is 25. The predicted molar refractivity (Wildman–Crippen MR) is 274 cm³/mol. The van der Waals surface area contributed by atoms with Crippen LogP contribution in [0.25, 0.3) is 0 Å². The molecule has 0 saturated heterocycles. The maximum atomic E-state index is 12.8. The minimum atomic E-state index is -0.811.